The molecule has 0 fully saturated rings. The number of fused-ring (bicyclic) bond motifs is 2. The van der Waals surface area contributed by atoms with Crippen LogP contribution in [0.3, 0.4) is 0 Å². The molecular formula is C22H19N7O. The van der Waals surface area contributed by atoms with Gasteiger partial charge in [0.15, 0.2) is 17.3 Å². The van der Waals surface area contributed by atoms with Crippen molar-refractivity contribution in [3.63, 3.8) is 0 Å². The zero-order valence-electron chi connectivity index (χ0n) is 16.0. The van der Waals surface area contributed by atoms with E-state index in [9.17, 15) is 4.79 Å². The van der Waals surface area contributed by atoms with Crippen LogP contribution >= 0.6 is 0 Å². The van der Waals surface area contributed by atoms with Crippen LogP contribution in [0.2, 0.25) is 0 Å². The van der Waals surface area contributed by atoms with Crippen molar-refractivity contribution in [3.8, 4) is 5.82 Å². The summed E-state index contributed by atoms with van der Waals surface area (Å²) in [6.07, 6.45) is 5.85. The fourth-order valence-electron chi connectivity index (χ4n) is 3.55. The summed E-state index contributed by atoms with van der Waals surface area (Å²) in [5.41, 5.74) is 9.97. The third-order valence-electron chi connectivity index (χ3n) is 5.06. The van der Waals surface area contributed by atoms with E-state index in [2.05, 4.69) is 31.3 Å². The number of hydrogen-bond donors (Lipinski definition) is 3. The molecule has 0 saturated carbocycles. The van der Waals surface area contributed by atoms with Gasteiger partial charge in [0.1, 0.15) is 6.33 Å². The Morgan fingerprint density at radius 1 is 1.10 bits per heavy atom. The van der Waals surface area contributed by atoms with Gasteiger partial charge in [-0.3, -0.25) is 9.36 Å². The molecule has 0 saturated heterocycles. The number of imidazole rings is 1. The van der Waals surface area contributed by atoms with E-state index < -0.39 is 0 Å². The molecular weight excluding hydrogens is 378 g/mol. The number of H-pyrrole nitrogens is 1. The highest BCUT2D eigenvalue weighted by molar-refractivity contribution is 5.96. The molecule has 30 heavy (non-hydrogen) atoms. The zero-order chi connectivity index (χ0) is 20.5. The summed E-state index contributed by atoms with van der Waals surface area (Å²) in [7, 11) is 0. The average Bonchev–Trinajstić information content (AvgIpc) is 3.39. The molecule has 8 nitrogen and oxygen atoms in total. The summed E-state index contributed by atoms with van der Waals surface area (Å²) in [4.78, 5) is 28.9. The number of amides is 1. The highest BCUT2D eigenvalue weighted by Gasteiger charge is 2.16. The molecule has 0 aliphatic carbocycles. The number of carbonyl (C=O) groups excluding carboxylic acids is 1. The Hall–Kier alpha value is -4.20. The van der Waals surface area contributed by atoms with Gasteiger partial charge in [0, 0.05) is 23.6 Å². The molecule has 0 aliphatic rings. The first-order valence-electron chi connectivity index (χ1n) is 9.59. The van der Waals surface area contributed by atoms with Gasteiger partial charge in [-0.05, 0) is 30.2 Å². The quantitative estimate of drug-likeness (QED) is 0.422. The van der Waals surface area contributed by atoms with E-state index in [1.807, 2.05) is 48.7 Å². The van der Waals surface area contributed by atoms with Crippen molar-refractivity contribution >= 4 is 33.7 Å². The summed E-state index contributed by atoms with van der Waals surface area (Å²) in [6.45, 7) is 0.458. The minimum absolute atomic E-state index is 0.0905. The van der Waals surface area contributed by atoms with Crippen molar-refractivity contribution in [2.45, 2.75) is 6.42 Å². The maximum Gasteiger partial charge on any atom is 0.273 e. The van der Waals surface area contributed by atoms with E-state index in [0.717, 1.165) is 27.5 Å². The van der Waals surface area contributed by atoms with Crippen LogP contribution in [-0.4, -0.2) is 37.0 Å². The molecule has 0 radical (unpaired) electrons. The van der Waals surface area contributed by atoms with Crippen molar-refractivity contribution in [2.75, 3.05) is 12.3 Å². The van der Waals surface area contributed by atoms with Crippen LogP contribution in [0.5, 0.6) is 0 Å². The van der Waals surface area contributed by atoms with Gasteiger partial charge in [-0.25, -0.2) is 15.0 Å². The van der Waals surface area contributed by atoms with Crippen LogP contribution in [0.15, 0.2) is 67.3 Å². The van der Waals surface area contributed by atoms with Crippen molar-refractivity contribution in [2.24, 2.45) is 0 Å². The normalized spacial score (nSPS) is 11.2. The first-order valence-corrected chi connectivity index (χ1v) is 9.59. The fraction of sp³-hybridized carbons (Fsp3) is 0.0909. The average molecular weight is 397 g/mol. The SMILES string of the molecule is Nc1ncc(-n2cnc3ccccc32)nc1C(=O)NCCc1c[nH]c2ccccc12. The van der Waals surface area contributed by atoms with E-state index >= 15 is 0 Å². The number of aromatic amines is 1. The van der Waals surface area contributed by atoms with Crippen LogP contribution in [0.1, 0.15) is 16.1 Å². The molecule has 0 atom stereocenters. The molecule has 3 aromatic heterocycles. The molecule has 0 spiro atoms. The molecule has 3 heterocycles. The lowest BCUT2D eigenvalue weighted by Gasteiger charge is -2.09. The molecule has 8 heteroatoms. The van der Waals surface area contributed by atoms with E-state index in [1.54, 1.807) is 10.9 Å². The molecule has 5 aromatic rings. The fourth-order valence-corrected chi connectivity index (χ4v) is 3.55. The van der Waals surface area contributed by atoms with Gasteiger partial charge >= 0.3 is 0 Å². The van der Waals surface area contributed by atoms with Crippen molar-refractivity contribution in [1.82, 2.24) is 29.8 Å². The zero-order valence-corrected chi connectivity index (χ0v) is 16.0. The third-order valence-corrected chi connectivity index (χ3v) is 5.06. The van der Waals surface area contributed by atoms with Gasteiger partial charge in [-0.2, -0.15) is 0 Å². The molecule has 4 N–H and O–H groups in total. The molecule has 1 amide bonds. The smallest absolute Gasteiger partial charge is 0.273 e. The Kier molecular flexibility index (Phi) is 4.36. The van der Waals surface area contributed by atoms with E-state index in [1.165, 1.54) is 6.20 Å². The number of anilines is 1. The van der Waals surface area contributed by atoms with Crippen LogP contribution in [0.4, 0.5) is 5.82 Å². The number of benzene rings is 2. The number of nitrogens with two attached hydrogens (primary N) is 1. The van der Waals surface area contributed by atoms with Crippen LogP contribution in [0.25, 0.3) is 27.8 Å². The number of nitrogen functional groups attached to an aromatic ring is 1. The summed E-state index contributed by atoms with van der Waals surface area (Å²) in [5, 5.41) is 4.05. The maximum atomic E-state index is 12.7. The Labute approximate surface area is 171 Å². The number of nitrogens with one attached hydrogen (secondary N) is 2. The maximum absolute atomic E-state index is 12.7. The topological polar surface area (TPSA) is 115 Å². The molecule has 148 valence electrons. The molecule has 0 unspecified atom stereocenters. The number of rotatable bonds is 5. The Morgan fingerprint density at radius 3 is 2.87 bits per heavy atom. The molecule has 5 rings (SSSR count). The largest absolute Gasteiger partial charge is 0.382 e. The van der Waals surface area contributed by atoms with Gasteiger partial charge in [0.2, 0.25) is 0 Å². The predicted octanol–water partition coefficient (Wildman–Crippen LogP) is 2.85. The lowest BCUT2D eigenvalue weighted by Crippen LogP contribution is -2.28. The van der Waals surface area contributed by atoms with Crippen LogP contribution in [-0.2, 0) is 6.42 Å². The summed E-state index contributed by atoms with van der Waals surface area (Å²) < 4.78 is 1.78. The summed E-state index contributed by atoms with van der Waals surface area (Å²) >= 11 is 0. The first-order chi connectivity index (χ1) is 14.7. The van der Waals surface area contributed by atoms with E-state index in [-0.39, 0.29) is 17.4 Å². The second kappa shape index (κ2) is 7.32. The molecule has 0 bridgehead atoms. The number of hydrogen-bond acceptors (Lipinski definition) is 5. The summed E-state index contributed by atoms with van der Waals surface area (Å²) in [6, 6.07) is 15.8. The minimum atomic E-state index is -0.355. The van der Waals surface area contributed by atoms with Crippen molar-refractivity contribution in [1.29, 1.82) is 0 Å². The number of nitrogens with zero attached hydrogens (tertiary/aromatic N) is 4. The number of para-hydroxylation sites is 3. The van der Waals surface area contributed by atoms with Gasteiger partial charge in [0.25, 0.3) is 5.91 Å². The lowest BCUT2D eigenvalue weighted by atomic mass is 10.1. The molecule has 0 aliphatic heterocycles. The Bertz CT molecular complexity index is 1370. The standard InChI is InChI=1S/C22H19N7O/c23-21-20(22(30)24-10-9-14-11-25-16-6-2-1-5-15(14)16)28-19(12-26-21)29-13-27-17-7-3-4-8-18(17)29/h1-8,11-13,25H,9-10H2,(H2,23,26)(H,24,30). The third kappa shape index (κ3) is 3.14. The minimum Gasteiger partial charge on any atom is -0.382 e. The number of aromatic nitrogens is 5. The molecule has 2 aromatic carbocycles. The number of carbonyl (C=O) groups is 1. The second-order valence-electron chi connectivity index (χ2n) is 6.93. The van der Waals surface area contributed by atoms with Crippen molar-refractivity contribution in [3.05, 3.63) is 78.5 Å². The van der Waals surface area contributed by atoms with Crippen molar-refractivity contribution < 1.29 is 4.79 Å². The summed E-state index contributed by atoms with van der Waals surface area (Å²) in [5.74, 6) is 0.221. The lowest BCUT2D eigenvalue weighted by molar-refractivity contribution is 0.0950. The monoisotopic (exact) mass is 397 g/mol. The predicted molar refractivity (Wildman–Crippen MR) is 115 cm³/mol. The van der Waals surface area contributed by atoms with Gasteiger partial charge in [-0.15, -0.1) is 0 Å². The highest BCUT2D eigenvalue weighted by atomic mass is 16.1. The van der Waals surface area contributed by atoms with Gasteiger partial charge < -0.3 is 16.0 Å². The van der Waals surface area contributed by atoms with E-state index in [0.29, 0.717) is 18.8 Å². The first kappa shape index (κ1) is 17.9. The van der Waals surface area contributed by atoms with Gasteiger partial charge in [-0.1, -0.05) is 30.3 Å². The van der Waals surface area contributed by atoms with Gasteiger partial charge in [0.05, 0.1) is 17.2 Å². The highest BCUT2D eigenvalue weighted by Crippen LogP contribution is 2.19. The van der Waals surface area contributed by atoms with Crippen LogP contribution in [0, 0.1) is 0 Å². The van der Waals surface area contributed by atoms with E-state index in [4.69, 9.17) is 5.73 Å². The Morgan fingerprint density at radius 2 is 1.93 bits per heavy atom. The Balaban J connectivity index is 1.35. The van der Waals surface area contributed by atoms with Crippen LogP contribution < -0.4 is 11.1 Å². The second-order valence-corrected chi connectivity index (χ2v) is 6.93.